The average molecular weight is 345 g/mol. The van der Waals surface area contributed by atoms with Crippen LogP contribution in [0.3, 0.4) is 0 Å². The Morgan fingerprint density at radius 3 is 2.58 bits per heavy atom. The number of hydrogen-bond donors (Lipinski definition) is 3. The number of nitrogens with one attached hydrogen (secondary N) is 2. The standard InChI is InChI=1S/C18H23N3O2S/c1-12(2)9-15(11-19)21-17(22)13-5-3-6-14(10-13)20-18(23)16-7-4-8-24-16/h3-8,10,12,15H,9,11,19H2,1-2H3,(H,20,23)(H,21,22). The van der Waals surface area contributed by atoms with E-state index in [9.17, 15) is 9.59 Å². The van der Waals surface area contributed by atoms with Gasteiger partial charge >= 0.3 is 0 Å². The van der Waals surface area contributed by atoms with Gasteiger partial charge in [-0.2, -0.15) is 0 Å². The van der Waals surface area contributed by atoms with Crippen LogP contribution in [0.25, 0.3) is 0 Å². The van der Waals surface area contributed by atoms with Crippen LogP contribution in [-0.2, 0) is 0 Å². The Balaban J connectivity index is 2.03. The number of nitrogens with two attached hydrogens (primary N) is 1. The molecule has 0 radical (unpaired) electrons. The first-order valence-electron chi connectivity index (χ1n) is 7.95. The number of hydrogen-bond acceptors (Lipinski definition) is 4. The molecule has 0 spiro atoms. The van der Waals surface area contributed by atoms with Crippen LogP contribution in [0, 0.1) is 5.92 Å². The molecule has 2 aromatic rings. The molecule has 1 aromatic carbocycles. The van der Waals surface area contributed by atoms with Crippen molar-refractivity contribution in [3.8, 4) is 0 Å². The number of anilines is 1. The van der Waals surface area contributed by atoms with Crippen molar-refractivity contribution in [2.24, 2.45) is 11.7 Å². The molecule has 0 bridgehead atoms. The van der Waals surface area contributed by atoms with Gasteiger partial charge < -0.3 is 16.4 Å². The Bertz CT molecular complexity index is 683. The molecule has 1 aromatic heterocycles. The number of amides is 2. The second-order valence-corrected chi connectivity index (χ2v) is 7.00. The highest BCUT2D eigenvalue weighted by molar-refractivity contribution is 7.12. The molecule has 4 N–H and O–H groups in total. The third-order valence-electron chi connectivity index (χ3n) is 3.50. The minimum absolute atomic E-state index is 0.0538. The molecule has 24 heavy (non-hydrogen) atoms. The van der Waals surface area contributed by atoms with Gasteiger partial charge in [0.1, 0.15) is 0 Å². The molecule has 1 unspecified atom stereocenters. The van der Waals surface area contributed by atoms with E-state index in [1.807, 2.05) is 11.4 Å². The van der Waals surface area contributed by atoms with Gasteiger partial charge in [0.2, 0.25) is 0 Å². The van der Waals surface area contributed by atoms with Crippen molar-refractivity contribution < 1.29 is 9.59 Å². The summed E-state index contributed by atoms with van der Waals surface area (Å²) < 4.78 is 0. The lowest BCUT2D eigenvalue weighted by Gasteiger charge is -2.19. The van der Waals surface area contributed by atoms with Crippen LogP contribution in [-0.4, -0.2) is 24.4 Å². The fourth-order valence-electron chi connectivity index (χ4n) is 2.39. The summed E-state index contributed by atoms with van der Waals surface area (Å²) in [4.78, 5) is 25.1. The number of benzene rings is 1. The molecule has 5 nitrogen and oxygen atoms in total. The van der Waals surface area contributed by atoms with Gasteiger partial charge in [0.25, 0.3) is 11.8 Å². The summed E-state index contributed by atoms with van der Waals surface area (Å²) in [6.07, 6.45) is 0.830. The van der Waals surface area contributed by atoms with E-state index in [0.717, 1.165) is 6.42 Å². The molecule has 0 saturated heterocycles. The van der Waals surface area contributed by atoms with Crippen LogP contribution < -0.4 is 16.4 Å². The molecule has 2 rings (SSSR count). The summed E-state index contributed by atoms with van der Waals surface area (Å²) in [7, 11) is 0. The molecule has 0 aliphatic rings. The predicted octanol–water partition coefficient (Wildman–Crippen LogP) is 3.10. The first kappa shape index (κ1) is 18.2. The van der Waals surface area contributed by atoms with Crippen LogP contribution in [0.15, 0.2) is 41.8 Å². The second-order valence-electron chi connectivity index (χ2n) is 6.05. The maximum Gasteiger partial charge on any atom is 0.265 e. The zero-order valence-corrected chi connectivity index (χ0v) is 14.7. The first-order chi connectivity index (χ1) is 11.5. The normalized spacial score (nSPS) is 12.0. The molecule has 1 atom stereocenters. The minimum Gasteiger partial charge on any atom is -0.348 e. The predicted molar refractivity (Wildman–Crippen MR) is 98.5 cm³/mol. The summed E-state index contributed by atoms with van der Waals surface area (Å²) in [5.41, 5.74) is 6.82. The maximum atomic E-state index is 12.4. The third-order valence-corrected chi connectivity index (χ3v) is 4.37. The molecule has 0 aliphatic carbocycles. The van der Waals surface area contributed by atoms with Gasteiger partial charge in [-0.05, 0) is 42.0 Å². The molecular weight excluding hydrogens is 322 g/mol. The summed E-state index contributed by atoms with van der Waals surface area (Å²) >= 11 is 1.37. The van der Waals surface area contributed by atoms with Crippen LogP contribution in [0.2, 0.25) is 0 Å². The van der Waals surface area contributed by atoms with Crippen LogP contribution >= 0.6 is 11.3 Å². The Morgan fingerprint density at radius 2 is 1.96 bits per heavy atom. The smallest absolute Gasteiger partial charge is 0.265 e. The highest BCUT2D eigenvalue weighted by atomic mass is 32.1. The molecule has 0 saturated carbocycles. The molecule has 128 valence electrons. The molecule has 0 fully saturated rings. The fourth-order valence-corrected chi connectivity index (χ4v) is 3.01. The SMILES string of the molecule is CC(C)CC(CN)NC(=O)c1cccc(NC(=O)c2cccs2)c1. The van der Waals surface area contributed by atoms with Crippen molar-refractivity contribution >= 4 is 28.8 Å². The van der Waals surface area contributed by atoms with Crippen molar-refractivity contribution in [2.75, 3.05) is 11.9 Å². The zero-order valence-electron chi connectivity index (χ0n) is 13.9. The second kappa shape index (κ2) is 8.61. The van der Waals surface area contributed by atoms with Crippen molar-refractivity contribution in [1.82, 2.24) is 5.32 Å². The Kier molecular flexibility index (Phi) is 6.52. The maximum absolute atomic E-state index is 12.4. The van der Waals surface area contributed by atoms with Gasteiger partial charge in [0.05, 0.1) is 4.88 Å². The van der Waals surface area contributed by atoms with Crippen molar-refractivity contribution in [3.05, 3.63) is 52.2 Å². The lowest BCUT2D eigenvalue weighted by Crippen LogP contribution is -2.41. The minimum atomic E-state index is -0.182. The number of thiophene rings is 1. The van der Waals surface area contributed by atoms with E-state index < -0.39 is 0 Å². The van der Waals surface area contributed by atoms with Gasteiger partial charge in [-0.3, -0.25) is 9.59 Å². The monoisotopic (exact) mass is 345 g/mol. The Labute approximate surface area is 146 Å². The van der Waals surface area contributed by atoms with Crippen LogP contribution in [0.1, 0.15) is 40.3 Å². The highest BCUT2D eigenvalue weighted by Gasteiger charge is 2.15. The molecular formula is C18H23N3O2S. The van der Waals surface area contributed by atoms with E-state index in [1.165, 1.54) is 11.3 Å². The lowest BCUT2D eigenvalue weighted by atomic mass is 10.0. The largest absolute Gasteiger partial charge is 0.348 e. The number of carbonyl (C=O) groups excluding carboxylic acids is 2. The van der Waals surface area contributed by atoms with E-state index in [0.29, 0.717) is 28.6 Å². The fraction of sp³-hybridized carbons (Fsp3) is 0.333. The molecule has 1 heterocycles. The molecule has 2 amide bonds. The summed E-state index contributed by atoms with van der Waals surface area (Å²) in [6, 6.07) is 10.4. The van der Waals surface area contributed by atoms with Gasteiger partial charge in [-0.1, -0.05) is 26.0 Å². The molecule has 6 heteroatoms. The van der Waals surface area contributed by atoms with Crippen molar-refractivity contribution in [1.29, 1.82) is 0 Å². The van der Waals surface area contributed by atoms with E-state index >= 15 is 0 Å². The zero-order chi connectivity index (χ0) is 17.5. The van der Waals surface area contributed by atoms with Crippen molar-refractivity contribution in [2.45, 2.75) is 26.3 Å². The summed E-state index contributed by atoms with van der Waals surface area (Å²) in [5.74, 6) is 0.0933. The van der Waals surface area contributed by atoms with Gasteiger partial charge in [-0.25, -0.2) is 0 Å². The van der Waals surface area contributed by atoms with Crippen molar-refractivity contribution in [3.63, 3.8) is 0 Å². The Morgan fingerprint density at radius 1 is 1.17 bits per heavy atom. The van der Waals surface area contributed by atoms with Crippen LogP contribution in [0.4, 0.5) is 5.69 Å². The van der Waals surface area contributed by atoms with E-state index in [4.69, 9.17) is 5.73 Å². The first-order valence-corrected chi connectivity index (χ1v) is 8.83. The van der Waals surface area contributed by atoms with E-state index in [-0.39, 0.29) is 17.9 Å². The number of carbonyl (C=O) groups is 2. The van der Waals surface area contributed by atoms with Crippen LogP contribution in [0.5, 0.6) is 0 Å². The van der Waals surface area contributed by atoms with Gasteiger partial charge in [0.15, 0.2) is 0 Å². The Hall–Kier alpha value is -2.18. The molecule has 0 aliphatic heterocycles. The summed E-state index contributed by atoms with van der Waals surface area (Å²) in [6.45, 7) is 4.59. The summed E-state index contributed by atoms with van der Waals surface area (Å²) in [5, 5.41) is 7.60. The van der Waals surface area contributed by atoms with E-state index in [1.54, 1.807) is 30.3 Å². The van der Waals surface area contributed by atoms with E-state index in [2.05, 4.69) is 24.5 Å². The van der Waals surface area contributed by atoms with Gasteiger partial charge in [-0.15, -0.1) is 11.3 Å². The third kappa shape index (κ3) is 5.18. The quantitative estimate of drug-likeness (QED) is 0.721. The highest BCUT2D eigenvalue weighted by Crippen LogP contribution is 2.15. The topological polar surface area (TPSA) is 84.2 Å². The number of rotatable bonds is 7. The lowest BCUT2D eigenvalue weighted by molar-refractivity contribution is 0.0932. The van der Waals surface area contributed by atoms with Gasteiger partial charge in [0, 0.05) is 23.8 Å². The average Bonchev–Trinajstić information content (AvgIpc) is 3.08.